The van der Waals surface area contributed by atoms with E-state index in [0.717, 1.165) is 46.8 Å². The van der Waals surface area contributed by atoms with Gasteiger partial charge in [0, 0.05) is 31.9 Å². The molecule has 2 atom stereocenters. The van der Waals surface area contributed by atoms with Crippen LogP contribution in [0, 0.1) is 12.3 Å². The van der Waals surface area contributed by atoms with Crippen molar-refractivity contribution in [2.45, 2.75) is 86.0 Å². The number of benzene rings is 1. The number of aromatic nitrogens is 1. The van der Waals surface area contributed by atoms with E-state index in [1.165, 1.54) is 6.92 Å². The monoisotopic (exact) mass is 499 g/mol. The Hall–Kier alpha value is -2.74. The summed E-state index contributed by atoms with van der Waals surface area (Å²) in [5, 5.41) is 6.15. The molecule has 0 spiro atoms. The summed E-state index contributed by atoms with van der Waals surface area (Å²) in [6.07, 6.45) is 3.78. The highest BCUT2D eigenvalue weighted by Crippen LogP contribution is 2.32. The predicted octanol–water partition coefficient (Wildman–Crippen LogP) is 4.32. The van der Waals surface area contributed by atoms with Crippen LogP contribution in [-0.2, 0) is 16.1 Å². The number of rotatable bonds is 8. The number of thiazole rings is 1. The molecule has 7 nitrogen and oxygen atoms in total. The fourth-order valence-electron chi connectivity index (χ4n) is 4.22. The highest BCUT2D eigenvalue weighted by Gasteiger charge is 2.37. The normalized spacial score (nSPS) is 18.1. The molecular formula is C27H39N4O3S+. The largest absolute Gasteiger partial charge is 0.491 e. The van der Waals surface area contributed by atoms with E-state index >= 15 is 0 Å². The van der Waals surface area contributed by atoms with E-state index in [4.69, 9.17) is 4.74 Å². The standard InChI is InChI=1S/C27H38N4O3S/c1-17(2)34-23-13-20(25-18(3)29-16-35-25)10-11-21(23)14-28-26(33)22-9-8-12-31(22)15-24(27(5,6)7)30-19(4)32/h10-11,13,15-17,22,24H,8-9,12,14H2,1-7H3,(H-,28,30,32,33)/p+1. The van der Waals surface area contributed by atoms with Gasteiger partial charge in [0.25, 0.3) is 5.91 Å². The number of amides is 2. The molecule has 0 saturated carbocycles. The van der Waals surface area contributed by atoms with E-state index in [1.54, 1.807) is 11.3 Å². The van der Waals surface area contributed by atoms with Gasteiger partial charge >= 0.3 is 0 Å². The highest BCUT2D eigenvalue weighted by atomic mass is 32.1. The first kappa shape index (κ1) is 26.9. The minimum Gasteiger partial charge on any atom is -0.491 e. The summed E-state index contributed by atoms with van der Waals surface area (Å²) in [4.78, 5) is 30.4. The first-order chi connectivity index (χ1) is 16.5. The third kappa shape index (κ3) is 7.13. The second kappa shape index (κ2) is 11.3. The lowest BCUT2D eigenvalue weighted by Crippen LogP contribution is -2.48. The van der Waals surface area contributed by atoms with Crippen molar-refractivity contribution in [2.24, 2.45) is 5.41 Å². The van der Waals surface area contributed by atoms with Crippen LogP contribution in [-0.4, -0.2) is 52.3 Å². The van der Waals surface area contributed by atoms with Gasteiger partial charge in [0.1, 0.15) is 18.3 Å². The summed E-state index contributed by atoms with van der Waals surface area (Å²) in [6.45, 7) is 15.0. The Bertz CT molecular complexity index is 1080. The maximum Gasteiger partial charge on any atom is 0.288 e. The molecule has 1 aromatic carbocycles. The van der Waals surface area contributed by atoms with Crippen molar-refractivity contribution >= 4 is 29.4 Å². The van der Waals surface area contributed by atoms with Gasteiger partial charge in [-0.2, -0.15) is 0 Å². The second-order valence-electron chi connectivity index (χ2n) is 10.6. The molecule has 0 aliphatic carbocycles. The molecule has 1 aliphatic rings. The number of carbonyl (C=O) groups excluding carboxylic acids is 2. The topological polar surface area (TPSA) is 83.3 Å². The van der Waals surface area contributed by atoms with E-state index in [1.807, 2.05) is 44.6 Å². The Balaban J connectivity index is 1.76. The minimum absolute atomic E-state index is 0.00731. The minimum atomic E-state index is -0.248. The molecule has 3 rings (SSSR count). The van der Waals surface area contributed by atoms with Crippen molar-refractivity contribution in [2.75, 3.05) is 6.54 Å². The predicted molar refractivity (Wildman–Crippen MR) is 141 cm³/mol. The molecule has 2 aromatic rings. The van der Waals surface area contributed by atoms with Gasteiger partial charge in [0.2, 0.25) is 11.9 Å². The number of hydrogen-bond donors (Lipinski definition) is 2. The maximum absolute atomic E-state index is 13.2. The van der Waals surface area contributed by atoms with Gasteiger partial charge in [-0.15, -0.1) is 11.3 Å². The molecule has 0 radical (unpaired) electrons. The van der Waals surface area contributed by atoms with Gasteiger partial charge in [-0.25, -0.2) is 9.56 Å². The Kier molecular flexibility index (Phi) is 8.70. The van der Waals surface area contributed by atoms with Crippen LogP contribution < -0.4 is 15.4 Å². The lowest BCUT2D eigenvalue weighted by atomic mass is 9.87. The van der Waals surface area contributed by atoms with E-state index in [0.29, 0.717) is 6.54 Å². The molecule has 1 aromatic heterocycles. The highest BCUT2D eigenvalue weighted by molar-refractivity contribution is 7.13. The molecule has 1 saturated heterocycles. The van der Waals surface area contributed by atoms with Crippen molar-refractivity contribution in [3.63, 3.8) is 0 Å². The third-order valence-electron chi connectivity index (χ3n) is 6.12. The summed E-state index contributed by atoms with van der Waals surface area (Å²) in [7, 11) is 0. The SMILES string of the molecule is CC(=O)NC(C=[N+]1CCCC1C(=O)NCc1ccc(-c2scnc2C)cc1OC(C)C)C(C)(C)C. The van der Waals surface area contributed by atoms with Crippen LogP contribution in [0.4, 0.5) is 0 Å². The average molecular weight is 500 g/mol. The number of ether oxygens (including phenoxy) is 1. The zero-order chi connectivity index (χ0) is 25.8. The Morgan fingerprint density at radius 1 is 1.31 bits per heavy atom. The maximum atomic E-state index is 13.2. The van der Waals surface area contributed by atoms with Crippen molar-refractivity contribution in [1.29, 1.82) is 0 Å². The second-order valence-corrected chi connectivity index (χ2v) is 11.4. The van der Waals surface area contributed by atoms with Crippen LogP contribution in [0.2, 0.25) is 0 Å². The summed E-state index contributed by atoms with van der Waals surface area (Å²) >= 11 is 1.61. The molecule has 190 valence electrons. The first-order valence-corrected chi connectivity index (χ1v) is 13.2. The van der Waals surface area contributed by atoms with Gasteiger partial charge in [-0.3, -0.25) is 9.59 Å². The Labute approximate surface area is 213 Å². The van der Waals surface area contributed by atoms with Crippen LogP contribution in [0.5, 0.6) is 5.75 Å². The number of nitrogens with one attached hydrogen (secondary N) is 2. The summed E-state index contributed by atoms with van der Waals surface area (Å²) in [6, 6.07) is 5.73. The summed E-state index contributed by atoms with van der Waals surface area (Å²) in [5.74, 6) is 0.696. The van der Waals surface area contributed by atoms with Gasteiger partial charge in [-0.05, 0) is 37.8 Å². The number of nitrogens with zero attached hydrogens (tertiary/aromatic N) is 2. The van der Waals surface area contributed by atoms with Gasteiger partial charge < -0.3 is 15.4 Å². The molecule has 8 heteroatoms. The van der Waals surface area contributed by atoms with Gasteiger partial charge in [-0.1, -0.05) is 32.9 Å². The lowest BCUT2D eigenvalue weighted by molar-refractivity contribution is -0.528. The molecule has 1 aliphatic heterocycles. The smallest absolute Gasteiger partial charge is 0.288 e. The molecule has 0 bridgehead atoms. The van der Waals surface area contributed by atoms with E-state index in [-0.39, 0.29) is 35.4 Å². The number of aryl methyl sites for hydroxylation is 1. The first-order valence-electron chi connectivity index (χ1n) is 12.3. The Morgan fingerprint density at radius 3 is 2.66 bits per heavy atom. The third-order valence-corrected chi connectivity index (χ3v) is 7.10. The zero-order valence-corrected chi connectivity index (χ0v) is 22.8. The zero-order valence-electron chi connectivity index (χ0n) is 22.0. The average Bonchev–Trinajstić information content (AvgIpc) is 3.39. The molecule has 2 N–H and O–H groups in total. The van der Waals surface area contributed by atoms with Crippen LogP contribution in [0.15, 0.2) is 23.7 Å². The van der Waals surface area contributed by atoms with Crippen molar-refractivity contribution in [3.8, 4) is 16.2 Å². The van der Waals surface area contributed by atoms with Crippen LogP contribution >= 0.6 is 11.3 Å². The van der Waals surface area contributed by atoms with Gasteiger partial charge in [0.05, 0.1) is 22.2 Å². The summed E-state index contributed by atoms with van der Waals surface area (Å²) in [5.41, 5.74) is 4.70. The van der Waals surface area contributed by atoms with Crippen molar-refractivity contribution in [1.82, 2.24) is 15.6 Å². The van der Waals surface area contributed by atoms with Gasteiger partial charge in [0.15, 0.2) is 6.21 Å². The van der Waals surface area contributed by atoms with E-state index < -0.39 is 0 Å². The fraction of sp³-hybridized carbons (Fsp3) is 0.556. The van der Waals surface area contributed by atoms with E-state index in [2.05, 4.69) is 47.0 Å². The number of carbonyl (C=O) groups is 2. The molecular weight excluding hydrogens is 460 g/mol. The fourth-order valence-corrected chi connectivity index (χ4v) is 5.02. The van der Waals surface area contributed by atoms with Crippen molar-refractivity contribution < 1.29 is 18.9 Å². The molecule has 2 amide bonds. The van der Waals surface area contributed by atoms with Crippen molar-refractivity contribution in [3.05, 3.63) is 35.0 Å². The molecule has 2 unspecified atom stereocenters. The quantitative estimate of drug-likeness (QED) is 0.530. The van der Waals surface area contributed by atoms with Crippen LogP contribution in [0.1, 0.15) is 65.6 Å². The summed E-state index contributed by atoms with van der Waals surface area (Å²) < 4.78 is 8.19. The Morgan fingerprint density at radius 2 is 2.06 bits per heavy atom. The lowest BCUT2D eigenvalue weighted by Gasteiger charge is -2.27. The van der Waals surface area contributed by atoms with Crippen LogP contribution in [0.25, 0.3) is 10.4 Å². The molecule has 2 heterocycles. The molecule has 35 heavy (non-hydrogen) atoms. The van der Waals surface area contributed by atoms with E-state index in [9.17, 15) is 9.59 Å². The molecule has 1 fully saturated rings. The van der Waals surface area contributed by atoms with Crippen LogP contribution in [0.3, 0.4) is 0 Å². The number of hydrogen-bond acceptors (Lipinski definition) is 5.